The van der Waals surface area contributed by atoms with Crippen molar-refractivity contribution in [2.24, 2.45) is 0 Å². The second kappa shape index (κ2) is 5.26. The standard InChI is InChI=1S/C15H19N3O/c1-5-11-10(3)17-15(18-14(11)16)12-7-6-9(2)8-13(12)19-4/h6-8H,5H2,1-4H3,(H2,16,17,18). The summed E-state index contributed by atoms with van der Waals surface area (Å²) in [7, 11) is 1.65. The van der Waals surface area contributed by atoms with Crippen molar-refractivity contribution in [3.05, 3.63) is 35.0 Å². The Hall–Kier alpha value is -2.10. The second-order valence-electron chi connectivity index (χ2n) is 4.55. The van der Waals surface area contributed by atoms with Crippen LogP contribution in [-0.4, -0.2) is 17.1 Å². The highest BCUT2D eigenvalue weighted by Gasteiger charge is 2.13. The van der Waals surface area contributed by atoms with Gasteiger partial charge in [-0.1, -0.05) is 13.0 Å². The number of aromatic nitrogens is 2. The quantitative estimate of drug-likeness (QED) is 0.918. The topological polar surface area (TPSA) is 61.0 Å². The van der Waals surface area contributed by atoms with Crippen LogP contribution in [0.2, 0.25) is 0 Å². The molecule has 100 valence electrons. The Morgan fingerprint density at radius 3 is 2.53 bits per heavy atom. The summed E-state index contributed by atoms with van der Waals surface area (Å²) in [5.41, 5.74) is 9.93. The van der Waals surface area contributed by atoms with Gasteiger partial charge >= 0.3 is 0 Å². The summed E-state index contributed by atoms with van der Waals surface area (Å²) in [6.45, 7) is 6.03. The van der Waals surface area contributed by atoms with Gasteiger partial charge in [0.1, 0.15) is 11.6 Å². The fourth-order valence-corrected chi connectivity index (χ4v) is 2.16. The predicted octanol–water partition coefficient (Wildman–Crippen LogP) is 2.91. The first-order valence-corrected chi connectivity index (χ1v) is 6.34. The van der Waals surface area contributed by atoms with E-state index in [-0.39, 0.29) is 0 Å². The van der Waals surface area contributed by atoms with E-state index in [1.807, 2.05) is 39.0 Å². The minimum atomic E-state index is 0.549. The number of aryl methyl sites for hydroxylation is 2. The van der Waals surface area contributed by atoms with Crippen molar-refractivity contribution in [2.45, 2.75) is 27.2 Å². The van der Waals surface area contributed by atoms with E-state index in [1.165, 1.54) is 0 Å². The number of hydrogen-bond acceptors (Lipinski definition) is 4. The summed E-state index contributed by atoms with van der Waals surface area (Å²) < 4.78 is 5.40. The third-order valence-corrected chi connectivity index (χ3v) is 3.20. The monoisotopic (exact) mass is 257 g/mol. The van der Waals surface area contributed by atoms with Gasteiger partial charge in [0.15, 0.2) is 5.82 Å². The van der Waals surface area contributed by atoms with Gasteiger partial charge in [-0.25, -0.2) is 9.97 Å². The molecule has 1 heterocycles. The zero-order valence-electron chi connectivity index (χ0n) is 11.8. The number of anilines is 1. The molecule has 19 heavy (non-hydrogen) atoms. The summed E-state index contributed by atoms with van der Waals surface area (Å²) in [5, 5.41) is 0. The van der Waals surface area contributed by atoms with Crippen molar-refractivity contribution < 1.29 is 4.74 Å². The third kappa shape index (κ3) is 2.52. The number of nitrogens with two attached hydrogens (primary N) is 1. The van der Waals surface area contributed by atoms with Crippen LogP contribution in [0.1, 0.15) is 23.7 Å². The van der Waals surface area contributed by atoms with Gasteiger partial charge in [0.05, 0.1) is 12.7 Å². The number of nitrogen functional groups attached to an aromatic ring is 1. The molecule has 2 rings (SSSR count). The highest BCUT2D eigenvalue weighted by molar-refractivity contribution is 5.66. The number of benzene rings is 1. The van der Waals surface area contributed by atoms with E-state index in [0.29, 0.717) is 11.6 Å². The first-order chi connectivity index (χ1) is 9.06. The molecule has 4 nitrogen and oxygen atoms in total. The Morgan fingerprint density at radius 1 is 1.21 bits per heavy atom. The van der Waals surface area contributed by atoms with E-state index >= 15 is 0 Å². The first kappa shape index (κ1) is 13.3. The van der Waals surface area contributed by atoms with Gasteiger partial charge in [-0.05, 0) is 38.0 Å². The Bertz CT molecular complexity index is 585. The lowest BCUT2D eigenvalue weighted by Gasteiger charge is -2.12. The molecular weight excluding hydrogens is 238 g/mol. The highest BCUT2D eigenvalue weighted by Crippen LogP contribution is 2.30. The maximum Gasteiger partial charge on any atom is 0.165 e. The molecule has 0 saturated carbocycles. The van der Waals surface area contributed by atoms with Gasteiger partial charge in [0.25, 0.3) is 0 Å². The molecule has 1 aromatic heterocycles. The van der Waals surface area contributed by atoms with Crippen LogP contribution in [0.4, 0.5) is 5.82 Å². The van der Waals surface area contributed by atoms with E-state index in [1.54, 1.807) is 7.11 Å². The lowest BCUT2D eigenvalue weighted by molar-refractivity contribution is 0.416. The van der Waals surface area contributed by atoms with Gasteiger partial charge in [0, 0.05) is 11.3 Å². The van der Waals surface area contributed by atoms with Crippen LogP contribution in [0.25, 0.3) is 11.4 Å². The average molecular weight is 257 g/mol. The molecule has 0 radical (unpaired) electrons. The normalized spacial score (nSPS) is 10.5. The van der Waals surface area contributed by atoms with Crippen LogP contribution in [0.3, 0.4) is 0 Å². The molecule has 0 fully saturated rings. The van der Waals surface area contributed by atoms with Crippen LogP contribution >= 0.6 is 0 Å². The van der Waals surface area contributed by atoms with Gasteiger partial charge < -0.3 is 10.5 Å². The summed E-state index contributed by atoms with van der Waals surface area (Å²) in [5.74, 6) is 1.93. The smallest absolute Gasteiger partial charge is 0.165 e. The SMILES string of the molecule is CCc1c(C)nc(-c2ccc(C)cc2OC)nc1N. The number of nitrogens with zero attached hydrogens (tertiary/aromatic N) is 2. The predicted molar refractivity (Wildman–Crippen MR) is 77.3 cm³/mol. The summed E-state index contributed by atoms with van der Waals surface area (Å²) >= 11 is 0. The molecule has 2 aromatic rings. The molecule has 0 aliphatic carbocycles. The Labute approximate surface area is 113 Å². The maximum absolute atomic E-state index is 6.00. The zero-order valence-corrected chi connectivity index (χ0v) is 11.8. The van der Waals surface area contributed by atoms with Crippen LogP contribution in [0, 0.1) is 13.8 Å². The molecule has 0 amide bonds. The Balaban J connectivity index is 2.59. The van der Waals surface area contributed by atoms with Gasteiger partial charge in [-0.15, -0.1) is 0 Å². The van der Waals surface area contributed by atoms with Crippen LogP contribution in [-0.2, 0) is 6.42 Å². The van der Waals surface area contributed by atoms with Crippen molar-refractivity contribution >= 4 is 5.82 Å². The largest absolute Gasteiger partial charge is 0.496 e. The van der Waals surface area contributed by atoms with Gasteiger partial charge in [0.2, 0.25) is 0 Å². The number of rotatable bonds is 3. The van der Waals surface area contributed by atoms with Crippen LogP contribution in [0.15, 0.2) is 18.2 Å². The summed E-state index contributed by atoms with van der Waals surface area (Å²) in [4.78, 5) is 8.94. The van der Waals surface area contributed by atoms with Crippen molar-refractivity contribution in [3.8, 4) is 17.1 Å². The molecule has 2 N–H and O–H groups in total. The molecule has 0 unspecified atom stereocenters. The van der Waals surface area contributed by atoms with Gasteiger partial charge in [-0.3, -0.25) is 0 Å². The van der Waals surface area contributed by atoms with Crippen LogP contribution in [0.5, 0.6) is 5.75 Å². The molecule has 0 saturated heterocycles. The van der Waals surface area contributed by atoms with Crippen molar-refractivity contribution in [3.63, 3.8) is 0 Å². The Kier molecular flexibility index (Phi) is 3.69. The summed E-state index contributed by atoms with van der Waals surface area (Å²) in [6, 6.07) is 5.95. The summed E-state index contributed by atoms with van der Waals surface area (Å²) in [6.07, 6.45) is 0.836. The molecule has 0 bridgehead atoms. The molecule has 0 aliphatic heterocycles. The molecule has 0 aliphatic rings. The molecule has 1 aromatic carbocycles. The van der Waals surface area contributed by atoms with E-state index in [4.69, 9.17) is 10.5 Å². The number of hydrogen-bond donors (Lipinski definition) is 1. The average Bonchev–Trinajstić information content (AvgIpc) is 2.38. The zero-order chi connectivity index (χ0) is 14.0. The lowest BCUT2D eigenvalue weighted by Crippen LogP contribution is -2.05. The highest BCUT2D eigenvalue weighted by atomic mass is 16.5. The minimum absolute atomic E-state index is 0.549. The van der Waals surface area contributed by atoms with E-state index in [2.05, 4.69) is 9.97 Å². The van der Waals surface area contributed by atoms with Crippen molar-refractivity contribution in [2.75, 3.05) is 12.8 Å². The molecule has 4 heteroatoms. The third-order valence-electron chi connectivity index (χ3n) is 3.20. The number of methoxy groups -OCH3 is 1. The fourth-order valence-electron chi connectivity index (χ4n) is 2.16. The van der Waals surface area contributed by atoms with E-state index in [9.17, 15) is 0 Å². The van der Waals surface area contributed by atoms with Gasteiger partial charge in [-0.2, -0.15) is 0 Å². The second-order valence-corrected chi connectivity index (χ2v) is 4.55. The first-order valence-electron chi connectivity index (χ1n) is 6.34. The maximum atomic E-state index is 6.00. The Morgan fingerprint density at radius 2 is 1.95 bits per heavy atom. The molecular formula is C15H19N3O. The molecule has 0 atom stereocenters. The minimum Gasteiger partial charge on any atom is -0.496 e. The molecule has 0 spiro atoms. The van der Waals surface area contributed by atoms with E-state index in [0.717, 1.165) is 34.6 Å². The fraction of sp³-hybridized carbons (Fsp3) is 0.333. The number of ether oxygens (including phenoxy) is 1. The van der Waals surface area contributed by atoms with Crippen LogP contribution < -0.4 is 10.5 Å². The lowest BCUT2D eigenvalue weighted by atomic mass is 10.1. The van der Waals surface area contributed by atoms with E-state index < -0.39 is 0 Å². The van der Waals surface area contributed by atoms with Crippen molar-refractivity contribution in [1.82, 2.24) is 9.97 Å². The van der Waals surface area contributed by atoms with Crippen molar-refractivity contribution in [1.29, 1.82) is 0 Å².